The zero-order valence-corrected chi connectivity index (χ0v) is 14.8. The number of carbonyl (C=O) groups is 1. The van der Waals surface area contributed by atoms with Crippen molar-refractivity contribution in [2.45, 2.75) is 57.7 Å². The molecule has 0 atom stereocenters. The van der Waals surface area contributed by atoms with Crippen LogP contribution in [0, 0.1) is 11.3 Å². The van der Waals surface area contributed by atoms with E-state index in [-0.39, 0.29) is 11.1 Å². The largest absolute Gasteiger partial charge is 0.496 e. The van der Waals surface area contributed by atoms with Crippen LogP contribution in [-0.4, -0.2) is 31.4 Å². The zero-order valence-electron chi connectivity index (χ0n) is 14.8. The van der Waals surface area contributed by atoms with E-state index in [0.29, 0.717) is 11.4 Å². The van der Waals surface area contributed by atoms with Gasteiger partial charge in [0.15, 0.2) is 0 Å². The molecular weight excluding hydrogens is 305 g/mol. The number of methoxy groups -OCH3 is 1. The third-order valence-corrected chi connectivity index (χ3v) is 5.26. The summed E-state index contributed by atoms with van der Waals surface area (Å²) in [5.74, 6) is -0.0749. The van der Waals surface area contributed by atoms with Crippen molar-refractivity contribution >= 4 is 18.6 Å². The molecule has 24 heavy (non-hydrogen) atoms. The number of esters is 1. The van der Waals surface area contributed by atoms with Gasteiger partial charge in [-0.25, -0.2) is 4.79 Å². The molecule has 1 aliphatic carbocycles. The standard InChI is InChI=1S/C18H22BNO4/c1-17(2)18(3,4)24-19(23-17)15-9-12(11-6-7-11)8-13(14(15)10-20)16(21)22-5/h8-9,11H,6-7H2,1-5H3. The van der Waals surface area contributed by atoms with Crippen molar-refractivity contribution in [3.05, 3.63) is 28.8 Å². The molecule has 0 unspecified atom stereocenters. The highest BCUT2D eigenvalue weighted by Crippen LogP contribution is 2.41. The molecule has 0 radical (unpaired) electrons. The molecule has 0 bridgehead atoms. The van der Waals surface area contributed by atoms with E-state index in [1.165, 1.54) is 7.11 Å². The molecule has 5 nitrogen and oxygen atoms in total. The molecule has 6 heteroatoms. The molecule has 2 aliphatic rings. The molecule has 1 heterocycles. The maximum Gasteiger partial charge on any atom is 0.496 e. The van der Waals surface area contributed by atoms with Crippen LogP contribution in [0.25, 0.3) is 0 Å². The van der Waals surface area contributed by atoms with Gasteiger partial charge < -0.3 is 14.0 Å². The molecule has 2 fully saturated rings. The minimum Gasteiger partial charge on any atom is -0.465 e. The van der Waals surface area contributed by atoms with Crippen LogP contribution in [0.3, 0.4) is 0 Å². The molecule has 0 aromatic heterocycles. The van der Waals surface area contributed by atoms with E-state index in [4.69, 9.17) is 14.0 Å². The molecule has 0 spiro atoms. The van der Waals surface area contributed by atoms with Gasteiger partial charge in [-0.1, -0.05) is 6.07 Å². The van der Waals surface area contributed by atoms with Crippen LogP contribution in [0.15, 0.2) is 12.1 Å². The average Bonchev–Trinajstić information content (AvgIpc) is 3.33. The minimum absolute atomic E-state index is 0.268. The van der Waals surface area contributed by atoms with Crippen LogP contribution >= 0.6 is 0 Å². The van der Waals surface area contributed by atoms with Crippen LogP contribution in [0.5, 0.6) is 0 Å². The van der Waals surface area contributed by atoms with E-state index in [0.717, 1.165) is 18.4 Å². The van der Waals surface area contributed by atoms with Crippen molar-refractivity contribution in [2.24, 2.45) is 0 Å². The first-order chi connectivity index (χ1) is 11.2. The van der Waals surface area contributed by atoms with Crippen LogP contribution < -0.4 is 5.46 Å². The second-order valence-electron chi connectivity index (χ2n) is 7.50. The summed E-state index contributed by atoms with van der Waals surface area (Å²) in [4.78, 5) is 12.2. The summed E-state index contributed by atoms with van der Waals surface area (Å²) < 4.78 is 17.0. The van der Waals surface area contributed by atoms with Gasteiger partial charge in [0, 0.05) is 5.46 Å². The SMILES string of the molecule is COC(=O)c1cc(C2CC2)cc(B2OC(C)(C)C(C)(C)O2)c1C#N. The Morgan fingerprint density at radius 1 is 1.25 bits per heavy atom. The Labute approximate surface area is 143 Å². The third-order valence-electron chi connectivity index (χ3n) is 5.26. The smallest absolute Gasteiger partial charge is 0.465 e. The molecule has 0 N–H and O–H groups in total. The minimum atomic E-state index is -0.674. The van der Waals surface area contributed by atoms with E-state index in [1.54, 1.807) is 6.07 Å². The number of benzene rings is 1. The Kier molecular flexibility index (Phi) is 3.97. The van der Waals surface area contributed by atoms with Crippen molar-refractivity contribution in [1.29, 1.82) is 5.26 Å². The fraction of sp³-hybridized carbons (Fsp3) is 0.556. The molecule has 1 saturated carbocycles. The summed E-state index contributed by atoms with van der Waals surface area (Å²) in [5, 5.41) is 9.64. The fourth-order valence-corrected chi connectivity index (χ4v) is 2.89. The first-order valence-electron chi connectivity index (χ1n) is 8.22. The summed E-state index contributed by atoms with van der Waals surface area (Å²) in [6.45, 7) is 7.85. The van der Waals surface area contributed by atoms with Gasteiger partial charge in [0.05, 0.1) is 35.5 Å². The molecule has 1 aliphatic heterocycles. The Balaban J connectivity index is 2.12. The van der Waals surface area contributed by atoms with E-state index >= 15 is 0 Å². The maximum atomic E-state index is 12.2. The van der Waals surface area contributed by atoms with Crippen LogP contribution in [-0.2, 0) is 14.0 Å². The van der Waals surface area contributed by atoms with E-state index in [1.807, 2.05) is 33.8 Å². The van der Waals surface area contributed by atoms with E-state index in [2.05, 4.69) is 6.07 Å². The lowest BCUT2D eigenvalue weighted by Crippen LogP contribution is -2.41. The monoisotopic (exact) mass is 327 g/mol. The number of ether oxygens (including phenoxy) is 1. The Morgan fingerprint density at radius 3 is 2.29 bits per heavy atom. The predicted octanol–water partition coefficient (Wildman–Crippen LogP) is 2.52. The summed E-state index contributed by atoms with van der Waals surface area (Å²) >= 11 is 0. The molecule has 1 aromatic carbocycles. The topological polar surface area (TPSA) is 68.6 Å². The Hall–Kier alpha value is -1.84. The van der Waals surface area contributed by atoms with Gasteiger partial charge in [-0.3, -0.25) is 0 Å². The number of nitriles is 1. The third kappa shape index (κ3) is 2.72. The molecular formula is C18H22BNO4. The van der Waals surface area contributed by atoms with Crippen LogP contribution in [0.4, 0.5) is 0 Å². The lowest BCUT2D eigenvalue weighted by molar-refractivity contribution is 0.00578. The summed E-state index contributed by atoms with van der Waals surface area (Å²) in [7, 11) is 0.647. The average molecular weight is 327 g/mol. The number of nitrogens with zero attached hydrogens (tertiary/aromatic N) is 1. The second-order valence-corrected chi connectivity index (χ2v) is 7.50. The molecule has 3 rings (SSSR count). The summed E-state index contributed by atoms with van der Waals surface area (Å²) in [5.41, 5.74) is 1.19. The second kappa shape index (κ2) is 5.61. The molecule has 0 amide bonds. The number of rotatable bonds is 3. The lowest BCUT2D eigenvalue weighted by atomic mass is 9.73. The molecule has 1 aromatic rings. The van der Waals surface area contributed by atoms with Gasteiger partial charge in [-0.05, 0) is 58.1 Å². The summed E-state index contributed by atoms with van der Waals surface area (Å²) in [6, 6.07) is 5.86. The van der Waals surface area contributed by atoms with Crippen LogP contribution in [0.1, 0.15) is 67.9 Å². The van der Waals surface area contributed by atoms with E-state index in [9.17, 15) is 10.1 Å². The number of carbonyl (C=O) groups excluding carboxylic acids is 1. The molecule has 1 saturated heterocycles. The first kappa shape index (κ1) is 17.0. The quantitative estimate of drug-likeness (QED) is 0.630. The van der Waals surface area contributed by atoms with Gasteiger partial charge in [-0.2, -0.15) is 5.26 Å². The summed E-state index contributed by atoms with van der Waals surface area (Å²) in [6.07, 6.45) is 2.19. The Morgan fingerprint density at radius 2 is 1.83 bits per heavy atom. The number of hydrogen-bond donors (Lipinski definition) is 0. The lowest BCUT2D eigenvalue weighted by Gasteiger charge is -2.32. The van der Waals surface area contributed by atoms with Gasteiger partial charge >= 0.3 is 13.1 Å². The first-order valence-corrected chi connectivity index (χ1v) is 8.22. The molecule has 126 valence electrons. The van der Waals surface area contributed by atoms with Crippen molar-refractivity contribution in [2.75, 3.05) is 7.11 Å². The van der Waals surface area contributed by atoms with Crippen molar-refractivity contribution < 1.29 is 18.8 Å². The Bertz CT molecular complexity index is 715. The van der Waals surface area contributed by atoms with Crippen molar-refractivity contribution in [3.63, 3.8) is 0 Å². The van der Waals surface area contributed by atoms with Gasteiger partial charge in [0.1, 0.15) is 0 Å². The van der Waals surface area contributed by atoms with Crippen molar-refractivity contribution in [1.82, 2.24) is 0 Å². The highest BCUT2D eigenvalue weighted by atomic mass is 16.7. The fourth-order valence-electron chi connectivity index (χ4n) is 2.89. The highest BCUT2D eigenvalue weighted by molar-refractivity contribution is 6.63. The van der Waals surface area contributed by atoms with Gasteiger partial charge in [-0.15, -0.1) is 0 Å². The number of hydrogen-bond acceptors (Lipinski definition) is 5. The highest BCUT2D eigenvalue weighted by Gasteiger charge is 2.52. The predicted molar refractivity (Wildman–Crippen MR) is 90.2 cm³/mol. The van der Waals surface area contributed by atoms with Gasteiger partial charge in [0.25, 0.3) is 0 Å². The maximum absolute atomic E-state index is 12.2. The van der Waals surface area contributed by atoms with Crippen molar-refractivity contribution in [3.8, 4) is 6.07 Å². The normalized spacial score (nSPS) is 21.4. The van der Waals surface area contributed by atoms with E-state index < -0.39 is 24.3 Å². The zero-order chi connectivity index (χ0) is 17.7. The van der Waals surface area contributed by atoms with Gasteiger partial charge in [0.2, 0.25) is 0 Å². The van der Waals surface area contributed by atoms with Crippen LogP contribution in [0.2, 0.25) is 0 Å².